The second-order valence-corrected chi connectivity index (χ2v) is 6.21. The van der Waals surface area contributed by atoms with Crippen LogP contribution >= 0.6 is 0 Å². The Morgan fingerprint density at radius 3 is 2.25 bits per heavy atom. The third-order valence-electron chi connectivity index (χ3n) is 4.14. The summed E-state index contributed by atoms with van der Waals surface area (Å²) in [5.74, 6) is -3.24. The summed E-state index contributed by atoms with van der Waals surface area (Å²) in [5.41, 5.74) is -2.74. The molecule has 1 heterocycles. The van der Waals surface area contributed by atoms with Crippen molar-refractivity contribution in [3.63, 3.8) is 0 Å². The fourth-order valence-corrected chi connectivity index (χ4v) is 2.88. The highest BCUT2D eigenvalue weighted by molar-refractivity contribution is 6.16. The third kappa shape index (κ3) is 3.47. The lowest BCUT2D eigenvalue weighted by Gasteiger charge is -2.28. The van der Waals surface area contributed by atoms with Gasteiger partial charge in [-0.2, -0.15) is 13.2 Å². The maximum absolute atomic E-state index is 13.9. The summed E-state index contributed by atoms with van der Waals surface area (Å²) in [4.78, 5) is 28.8. The molecule has 0 saturated heterocycles. The summed E-state index contributed by atoms with van der Waals surface area (Å²) in [6, 6.07) is 12.8. The zero-order valence-electron chi connectivity index (χ0n) is 14.6. The van der Waals surface area contributed by atoms with Gasteiger partial charge in [-0.3, -0.25) is 14.5 Å². The van der Waals surface area contributed by atoms with Crippen molar-refractivity contribution < 1.29 is 27.2 Å². The first kappa shape index (κ1) is 19.5. The summed E-state index contributed by atoms with van der Waals surface area (Å²) >= 11 is 0. The van der Waals surface area contributed by atoms with Gasteiger partial charge >= 0.3 is 11.8 Å². The molecular formula is C19H15F4N3O2. The van der Waals surface area contributed by atoms with Crippen LogP contribution in [0, 0.1) is 5.82 Å². The first-order chi connectivity index (χ1) is 13.1. The van der Waals surface area contributed by atoms with Gasteiger partial charge in [0.2, 0.25) is 5.91 Å². The van der Waals surface area contributed by atoms with E-state index in [9.17, 15) is 27.2 Å². The number of hydrogen-bond acceptors (Lipinski definition) is 3. The van der Waals surface area contributed by atoms with Crippen LogP contribution in [0.5, 0.6) is 0 Å². The van der Waals surface area contributed by atoms with Crippen LogP contribution in [-0.4, -0.2) is 34.4 Å². The van der Waals surface area contributed by atoms with Gasteiger partial charge in [-0.25, -0.2) is 9.38 Å². The van der Waals surface area contributed by atoms with E-state index in [1.54, 1.807) is 23.5 Å². The van der Waals surface area contributed by atoms with Crippen LogP contribution in [0.4, 0.5) is 17.6 Å². The van der Waals surface area contributed by atoms with Gasteiger partial charge in [0.15, 0.2) is 0 Å². The van der Waals surface area contributed by atoms with Crippen molar-refractivity contribution in [2.75, 3.05) is 0 Å². The van der Waals surface area contributed by atoms with E-state index in [1.165, 1.54) is 24.3 Å². The van der Waals surface area contributed by atoms with Crippen molar-refractivity contribution in [1.82, 2.24) is 10.2 Å². The molecule has 1 atom stereocenters. The molecule has 2 aromatic rings. The van der Waals surface area contributed by atoms with Crippen LogP contribution in [0.3, 0.4) is 0 Å². The molecule has 1 aliphatic rings. The summed E-state index contributed by atoms with van der Waals surface area (Å²) < 4.78 is 54.7. The number of amidine groups is 1. The number of alkyl halides is 3. The number of amides is 2. The number of carbonyl (C=O) groups is 2. The van der Waals surface area contributed by atoms with Crippen LogP contribution in [0.15, 0.2) is 59.6 Å². The Bertz CT molecular complexity index is 926. The normalized spacial score (nSPS) is 19.5. The van der Waals surface area contributed by atoms with E-state index < -0.39 is 29.5 Å². The monoisotopic (exact) mass is 393 g/mol. The first-order valence-electron chi connectivity index (χ1n) is 8.21. The zero-order chi connectivity index (χ0) is 20.5. The maximum Gasteiger partial charge on any atom is 0.442 e. The van der Waals surface area contributed by atoms with Gasteiger partial charge in [-0.05, 0) is 17.7 Å². The smallest absolute Gasteiger partial charge is 0.317 e. The lowest BCUT2D eigenvalue weighted by Crippen LogP contribution is -2.62. The first-order valence-corrected chi connectivity index (χ1v) is 8.21. The Kier molecular flexibility index (Phi) is 4.93. The number of benzene rings is 2. The van der Waals surface area contributed by atoms with E-state index in [0.717, 1.165) is 24.0 Å². The highest BCUT2D eigenvalue weighted by atomic mass is 19.4. The van der Waals surface area contributed by atoms with E-state index >= 15 is 0 Å². The van der Waals surface area contributed by atoms with Crippen molar-refractivity contribution in [3.05, 3.63) is 71.5 Å². The summed E-state index contributed by atoms with van der Waals surface area (Å²) in [6.07, 6.45) is -5.16. The molecule has 0 spiro atoms. The number of carbonyl (C=O) groups excluding carboxylic acids is 2. The van der Waals surface area contributed by atoms with E-state index in [1.807, 2.05) is 0 Å². The van der Waals surface area contributed by atoms with Gasteiger partial charge in [-0.1, -0.05) is 42.5 Å². The van der Waals surface area contributed by atoms with E-state index in [4.69, 9.17) is 0 Å². The van der Waals surface area contributed by atoms with Crippen LogP contribution < -0.4 is 5.32 Å². The summed E-state index contributed by atoms with van der Waals surface area (Å²) in [6.45, 7) is 0.603. The Hall–Kier alpha value is -3.23. The Morgan fingerprint density at radius 2 is 1.71 bits per heavy atom. The van der Waals surface area contributed by atoms with Crippen LogP contribution in [-0.2, 0) is 16.1 Å². The molecule has 146 valence electrons. The molecule has 28 heavy (non-hydrogen) atoms. The van der Waals surface area contributed by atoms with Gasteiger partial charge < -0.3 is 5.32 Å². The van der Waals surface area contributed by atoms with E-state index in [-0.39, 0.29) is 17.9 Å². The molecule has 9 heteroatoms. The molecule has 2 amide bonds. The van der Waals surface area contributed by atoms with Crippen molar-refractivity contribution >= 4 is 17.6 Å². The van der Waals surface area contributed by atoms with Crippen molar-refractivity contribution in [1.29, 1.82) is 0 Å². The minimum Gasteiger partial charge on any atom is -0.317 e. The van der Waals surface area contributed by atoms with Gasteiger partial charge in [0, 0.05) is 12.5 Å². The van der Waals surface area contributed by atoms with Crippen LogP contribution in [0.25, 0.3) is 0 Å². The minimum absolute atomic E-state index is 0.235. The molecule has 1 N–H and O–H groups in total. The summed E-state index contributed by atoms with van der Waals surface area (Å²) in [5, 5.41) is 1.67. The van der Waals surface area contributed by atoms with E-state index in [0.29, 0.717) is 5.56 Å². The fraction of sp³-hybridized carbons (Fsp3) is 0.211. The topological polar surface area (TPSA) is 61.8 Å². The number of rotatable bonds is 4. The fourth-order valence-electron chi connectivity index (χ4n) is 2.88. The quantitative estimate of drug-likeness (QED) is 0.812. The Morgan fingerprint density at radius 1 is 1.11 bits per heavy atom. The summed E-state index contributed by atoms with van der Waals surface area (Å²) in [7, 11) is 0. The molecule has 0 unspecified atom stereocenters. The predicted molar refractivity (Wildman–Crippen MR) is 92.5 cm³/mol. The van der Waals surface area contributed by atoms with Gasteiger partial charge in [0.05, 0.1) is 6.54 Å². The number of hydrogen-bond donors (Lipinski definition) is 1. The Balaban J connectivity index is 2.12. The molecule has 3 rings (SSSR count). The molecular weight excluding hydrogens is 378 g/mol. The minimum atomic E-state index is -5.16. The maximum atomic E-state index is 13.9. The zero-order valence-corrected chi connectivity index (χ0v) is 14.6. The number of nitrogens with zero attached hydrogens (tertiary/aromatic N) is 2. The van der Waals surface area contributed by atoms with E-state index in [2.05, 4.69) is 4.99 Å². The lowest BCUT2D eigenvalue weighted by atomic mass is 10.1. The molecule has 0 aromatic heterocycles. The second-order valence-electron chi connectivity index (χ2n) is 6.21. The average Bonchev–Trinajstić information content (AvgIpc) is 2.91. The lowest BCUT2D eigenvalue weighted by molar-refractivity contribution is -0.200. The van der Waals surface area contributed by atoms with Gasteiger partial charge in [-0.15, -0.1) is 0 Å². The predicted octanol–water partition coefficient (Wildman–Crippen LogP) is 3.01. The molecule has 0 fully saturated rings. The second kappa shape index (κ2) is 7.06. The molecule has 1 aliphatic heterocycles. The number of aliphatic imine (C=N–C) groups is 1. The molecule has 0 bridgehead atoms. The molecule has 5 nitrogen and oxygen atoms in total. The van der Waals surface area contributed by atoms with Crippen molar-refractivity contribution in [2.45, 2.75) is 25.3 Å². The third-order valence-corrected chi connectivity index (χ3v) is 4.14. The standard InChI is InChI=1S/C19H15F4N3O2/c1-12(27)24-18(19(21,22)23)17(28)26(11-13-7-9-15(20)10-8-13)16(25-18)14-5-3-2-4-6-14/h2-10H,11H2,1H3,(H,24,27)/t18-/m1/s1. The Labute approximate surface area is 157 Å². The van der Waals surface area contributed by atoms with Gasteiger partial charge in [0.25, 0.3) is 5.91 Å². The molecule has 0 saturated carbocycles. The average molecular weight is 393 g/mol. The van der Waals surface area contributed by atoms with Crippen molar-refractivity contribution in [3.8, 4) is 0 Å². The number of nitrogens with one attached hydrogen (secondary N) is 1. The largest absolute Gasteiger partial charge is 0.442 e. The highest BCUT2D eigenvalue weighted by Crippen LogP contribution is 2.38. The molecule has 2 aromatic carbocycles. The number of halogens is 4. The van der Waals surface area contributed by atoms with Crippen LogP contribution in [0.2, 0.25) is 0 Å². The highest BCUT2D eigenvalue weighted by Gasteiger charge is 2.66. The van der Waals surface area contributed by atoms with Crippen LogP contribution in [0.1, 0.15) is 18.1 Å². The van der Waals surface area contributed by atoms with Crippen molar-refractivity contribution in [2.24, 2.45) is 4.99 Å². The molecule has 0 aliphatic carbocycles. The SMILES string of the molecule is CC(=O)N[C@@]1(C(F)(F)F)N=C(c2ccccc2)N(Cc2ccc(F)cc2)C1=O. The molecule has 0 radical (unpaired) electrons. The van der Waals surface area contributed by atoms with Gasteiger partial charge in [0.1, 0.15) is 11.7 Å².